The van der Waals surface area contributed by atoms with Gasteiger partial charge in [-0.25, -0.2) is 0 Å². The summed E-state index contributed by atoms with van der Waals surface area (Å²) in [5.74, 6) is -1.89. The number of β-amino-alcohol motifs (C(OH)–C–C–N with tert-alkyl or cyclic N) is 1. The summed E-state index contributed by atoms with van der Waals surface area (Å²) in [5, 5.41) is 14.0. The lowest BCUT2D eigenvalue weighted by Crippen LogP contribution is -2.57. The highest BCUT2D eigenvalue weighted by Gasteiger charge is 2.48. The van der Waals surface area contributed by atoms with Crippen LogP contribution in [0.25, 0.3) is 0 Å². The van der Waals surface area contributed by atoms with Gasteiger partial charge in [0, 0.05) is 24.6 Å². The fourth-order valence-electron chi connectivity index (χ4n) is 6.88. The van der Waals surface area contributed by atoms with Gasteiger partial charge >= 0.3 is 12.4 Å². The minimum absolute atomic E-state index is 0.0694. The highest BCUT2D eigenvalue weighted by molar-refractivity contribution is 5.84. The number of aliphatic hydroxyl groups excluding tert-OH is 1. The molecule has 42 heavy (non-hydrogen) atoms. The topological polar surface area (TPSA) is 61.8 Å². The summed E-state index contributed by atoms with van der Waals surface area (Å²) in [6, 6.07) is 10.8. The number of carbonyl (C=O) groups excluding carboxylic acids is 1. The molecule has 5 nitrogen and oxygen atoms in total. The zero-order valence-corrected chi connectivity index (χ0v) is 23.4. The van der Waals surface area contributed by atoms with Crippen molar-refractivity contribution in [3.63, 3.8) is 0 Å². The number of nitrogens with zero attached hydrogens (tertiary/aromatic N) is 1. The Morgan fingerprint density at radius 2 is 1.60 bits per heavy atom. The SMILES string of the molecule is CC(C(=O)N[C@]1(c2ccccc2)CC[C@@H](N2CCC3(CCOC3)C(O)C2)CC1)c1cc(C(F)(F)F)cc(C(F)(F)F)c1. The van der Waals surface area contributed by atoms with E-state index in [9.17, 15) is 36.2 Å². The summed E-state index contributed by atoms with van der Waals surface area (Å²) < 4.78 is 86.3. The van der Waals surface area contributed by atoms with E-state index in [1.54, 1.807) is 0 Å². The number of halogens is 6. The Bertz CT molecular complexity index is 1220. The van der Waals surface area contributed by atoms with Gasteiger partial charge < -0.3 is 15.2 Å². The lowest BCUT2D eigenvalue weighted by atomic mass is 9.72. The third-order valence-corrected chi connectivity index (χ3v) is 9.66. The van der Waals surface area contributed by atoms with Gasteiger partial charge in [-0.2, -0.15) is 26.3 Å². The fourth-order valence-corrected chi connectivity index (χ4v) is 6.88. The molecule has 3 atom stereocenters. The minimum atomic E-state index is -5.00. The van der Waals surface area contributed by atoms with Crippen LogP contribution in [0.15, 0.2) is 48.5 Å². The van der Waals surface area contributed by atoms with Crippen molar-refractivity contribution in [2.45, 2.75) is 81.4 Å². The predicted octanol–water partition coefficient (Wildman–Crippen LogP) is 6.26. The third kappa shape index (κ3) is 6.19. The number of alkyl halides is 6. The van der Waals surface area contributed by atoms with E-state index in [4.69, 9.17) is 4.74 Å². The molecule has 3 aliphatic rings. The molecule has 0 radical (unpaired) electrons. The van der Waals surface area contributed by atoms with Crippen molar-refractivity contribution >= 4 is 5.91 Å². The predicted molar refractivity (Wildman–Crippen MR) is 143 cm³/mol. The second-order valence-corrected chi connectivity index (χ2v) is 12.2. The molecule has 5 rings (SSSR count). The maximum atomic E-state index is 13.6. The second kappa shape index (κ2) is 11.5. The first-order valence-corrected chi connectivity index (χ1v) is 14.4. The molecule has 0 aromatic heterocycles. The Balaban J connectivity index is 1.34. The van der Waals surface area contributed by atoms with E-state index in [1.165, 1.54) is 6.92 Å². The van der Waals surface area contributed by atoms with E-state index in [0.717, 1.165) is 24.9 Å². The molecule has 1 saturated carbocycles. The Morgan fingerprint density at radius 1 is 0.976 bits per heavy atom. The van der Waals surface area contributed by atoms with Gasteiger partial charge in [0.05, 0.1) is 35.3 Å². The first-order valence-electron chi connectivity index (χ1n) is 14.4. The average molecular weight is 599 g/mol. The van der Waals surface area contributed by atoms with Gasteiger partial charge in [-0.1, -0.05) is 30.3 Å². The molecule has 2 aliphatic heterocycles. The van der Waals surface area contributed by atoms with Gasteiger partial charge in [0.2, 0.25) is 5.91 Å². The zero-order valence-electron chi connectivity index (χ0n) is 23.4. The highest BCUT2D eigenvalue weighted by atomic mass is 19.4. The molecule has 2 aromatic rings. The summed E-state index contributed by atoms with van der Waals surface area (Å²) in [4.78, 5) is 15.9. The van der Waals surface area contributed by atoms with E-state index in [2.05, 4.69) is 10.2 Å². The summed E-state index contributed by atoms with van der Waals surface area (Å²) in [6.45, 7) is 3.95. The van der Waals surface area contributed by atoms with Gasteiger partial charge in [0.1, 0.15) is 0 Å². The van der Waals surface area contributed by atoms with E-state index >= 15 is 0 Å². The number of benzene rings is 2. The molecular weight excluding hydrogens is 562 g/mol. The summed E-state index contributed by atoms with van der Waals surface area (Å²) in [5.41, 5.74) is -3.41. The maximum absolute atomic E-state index is 13.6. The summed E-state index contributed by atoms with van der Waals surface area (Å²) >= 11 is 0. The number of piperidine rings is 1. The number of aliphatic hydroxyl groups is 1. The largest absolute Gasteiger partial charge is 0.416 e. The number of likely N-dealkylation sites (tertiary alicyclic amines) is 1. The molecular formula is C31H36F6N2O3. The first-order chi connectivity index (χ1) is 19.7. The van der Waals surface area contributed by atoms with Crippen LogP contribution in [-0.4, -0.2) is 54.4 Å². The van der Waals surface area contributed by atoms with Gasteiger partial charge in [-0.15, -0.1) is 0 Å². The molecule has 2 aromatic carbocycles. The van der Waals surface area contributed by atoms with Crippen molar-refractivity contribution in [1.29, 1.82) is 0 Å². The number of rotatable bonds is 5. The lowest BCUT2D eigenvalue weighted by Gasteiger charge is -2.49. The number of ether oxygens (including phenoxy) is 1. The smallest absolute Gasteiger partial charge is 0.391 e. The first kappa shape index (κ1) is 30.8. The van der Waals surface area contributed by atoms with Crippen LogP contribution in [0.2, 0.25) is 0 Å². The Labute approximate surface area is 241 Å². The standard InChI is InChI=1S/C31H36F6N2O3/c1-20(21-15-23(30(32,33)34)17-24(16-21)31(35,36)37)27(41)38-29(22-5-3-2-4-6-22)9-7-25(8-10-29)39-13-11-28(26(40)18-39)12-14-42-19-28/h2-6,15-17,20,25-26,40H,7-14,18-19H2,1H3,(H,38,41)/t20?,25-,26?,28?,29-. The Kier molecular flexibility index (Phi) is 8.41. The highest BCUT2D eigenvalue weighted by Crippen LogP contribution is 2.44. The van der Waals surface area contributed by atoms with Crippen molar-refractivity contribution in [1.82, 2.24) is 10.2 Å². The van der Waals surface area contributed by atoms with Gasteiger partial charge in [-0.05, 0) is 81.3 Å². The molecule has 11 heteroatoms. The normalized spacial score (nSPS) is 29.9. The van der Waals surface area contributed by atoms with Crippen LogP contribution in [0.4, 0.5) is 26.3 Å². The van der Waals surface area contributed by atoms with Crippen LogP contribution in [0, 0.1) is 5.41 Å². The number of amides is 1. The maximum Gasteiger partial charge on any atom is 0.416 e. The van der Waals surface area contributed by atoms with E-state index < -0.39 is 46.9 Å². The number of hydrogen-bond donors (Lipinski definition) is 2. The van der Waals surface area contributed by atoms with Gasteiger partial charge in [-0.3, -0.25) is 9.69 Å². The van der Waals surface area contributed by atoms with Crippen LogP contribution in [-0.2, 0) is 27.4 Å². The van der Waals surface area contributed by atoms with Crippen LogP contribution < -0.4 is 5.32 Å². The van der Waals surface area contributed by atoms with Crippen molar-refractivity contribution in [2.24, 2.45) is 5.41 Å². The molecule has 1 spiro atoms. The summed E-state index contributed by atoms with van der Waals surface area (Å²) in [6.07, 6.45) is -6.28. The minimum Gasteiger partial charge on any atom is -0.391 e. The van der Waals surface area contributed by atoms with Crippen molar-refractivity contribution in [3.8, 4) is 0 Å². The fraction of sp³-hybridized carbons (Fsp3) is 0.581. The van der Waals surface area contributed by atoms with Crippen molar-refractivity contribution < 1.29 is 41.0 Å². The molecule has 1 aliphatic carbocycles. The number of hydrogen-bond acceptors (Lipinski definition) is 4. The number of nitrogens with one attached hydrogen (secondary N) is 1. The number of carbonyl (C=O) groups is 1. The second-order valence-electron chi connectivity index (χ2n) is 12.2. The molecule has 1 amide bonds. The molecule has 3 unspecified atom stereocenters. The van der Waals surface area contributed by atoms with Crippen LogP contribution in [0.3, 0.4) is 0 Å². The third-order valence-electron chi connectivity index (χ3n) is 9.66. The summed E-state index contributed by atoms with van der Waals surface area (Å²) in [7, 11) is 0. The molecule has 230 valence electrons. The molecule has 3 fully saturated rings. The molecule has 0 bridgehead atoms. The molecule has 2 saturated heterocycles. The van der Waals surface area contributed by atoms with E-state index in [0.29, 0.717) is 57.6 Å². The molecule has 2 heterocycles. The Morgan fingerprint density at radius 3 is 2.12 bits per heavy atom. The van der Waals surface area contributed by atoms with Crippen LogP contribution in [0.1, 0.15) is 73.6 Å². The van der Waals surface area contributed by atoms with E-state index in [1.807, 2.05) is 30.3 Å². The quantitative estimate of drug-likeness (QED) is 0.400. The van der Waals surface area contributed by atoms with Crippen LogP contribution in [0.5, 0.6) is 0 Å². The molecule has 2 N–H and O–H groups in total. The lowest BCUT2D eigenvalue weighted by molar-refractivity contribution is -0.143. The van der Waals surface area contributed by atoms with Crippen LogP contribution >= 0.6 is 0 Å². The average Bonchev–Trinajstić information content (AvgIpc) is 3.43. The Hall–Kier alpha value is -2.63. The van der Waals surface area contributed by atoms with Crippen molar-refractivity contribution in [2.75, 3.05) is 26.3 Å². The van der Waals surface area contributed by atoms with Gasteiger partial charge in [0.15, 0.2) is 0 Å². The van der Waals surface area contributed by atoms with Crippen molar-refractivity contribution in [3.05, 3.63) is 70.8 Å². The monoisotopic (exact) mass is 598 g/mol. The zero-order chi connectivity index (χ0) is 30.3. The van der Waals surface area contributed by atoms with Gasteiger partial charge in [0.25, 0.3) is 0 Å². The van der Waals surface area contributed by atoms with E-state index in [-0.39, 0.29) is 23.1 Å².